The Morgan fingerprint density at radius 1 is 0.968 bits per heavy atom. The van der Waals surface area contributed by atoms with Gasteiger partial charge in [-0.1, -0.05) is 42.5 Å². The first-order valence-corrected chi connectivity index (χ1v) is 8.99. The Morgan fingerprint density at radius 2 is 1.74 bits per heavy atom. The average Bonchev–Trinajstić information content (AvgIpc) is 2.74. The molecule has 10 heteroatoms. The summed E-state index contributed by atoms with van der Waals surface area (Å²) in [6, 6.07) is 18.8. The smallest absolute Gasteiger partial charge is 0.318 e. The number of benzene rings is 3. The molecule has 0 aliphatic carbocycles. The van der Waals surface area contributed by atoms with Gasteiger partial charge in [-0.3, -0.25) is 25.0 Å². The summed E-state index contributed by atoms with van der Waals surface area (Å²) >= 11 is 0. The number of nitrogens with zero attached hydrogens (tertiary/aromatic N) is 3. The summed E-state index contributed by atoms with van der Waals surface area (Å²) in [6.45, 7) is 0. The first kappa shape index (κ1) is 21.1. The number of non-ortho nitro benzene ring substituents is 1. The Kier molecular flexibility index (Phi) is 6.64. The van der Waals surface area contributed by atoms with E-state index >= 15 is 0 Å². The number of hydrogen-bond acceptors (Lipinski definition) is 7. The normalized spacial score (nSPS) is 10.6. The quantitative estimate of drug-likeness (QED) is 0.332. The molecule has 10 nitrogen and oxygen atoms in total. The monoisotopic (exact) mass is 420 g/mol. The van der Waals surface area contributed by atoms with E-state index in [4.69, 9.17) is 4.74 Å². The molecule has 0 aromatic heterocycles. The summed E-state index contributed by atoms with van der Waals surface area (Å²) < 4.78 is 5.54. The fourth-order valence-corrected chi connectivity index (χ4v) is 2.63. The van der Waals surface area contributed by atoms with Crippen molar-refractivity contribution in [2.24, 2.45) is 5.10 Å². The number of nitrogens with one attached hydrogen (secondary N) is 1. The van der Waals surface area contributed by atoms with Gasteiger partial charge >= 0.3 is 5.69 Å². The highest BCUT2D eigenvalue weighted by molar-refractivity contribution is 5.83. The Hall–Kier alpha value is -4.60. The Labute approximate surface area is 176 Å². The minimum Gasteiger partial charge on any atom is -0.450 e. The summed E-state index contributed by atoms with van der Waals surface area (Å²) in [5, 5.41) is 26.0. The molecule has 0 spiro atoms. The van der Waals surface area contributed by atoms with Gasteiger partial charge in [0.15, 0.2) is 0 Å². The molecule has 0 aliphatic rings. The molecule has 0 saturated carbocycles. The van der Waals surface area contributed by atoms with Crippen LogP contribution in [-0.4, -0.2) is 22.0 Å². The molecule has 0 bridgehead atoms. The maximum Gasteiger partial charge on any atom is 0.318 e. The highest BCUT2D eigenvalue weighted by Gasteiger charge is 2.21. The molecule has 0 radical (unpaired) electrons. The molecule has 0 heterocycles. The van der Waals surface area contributed by atoms with Crippen molar-refractivity contribution >= 4 is 23.5 Å². The lowest BCUT2D eigenvalue weighted by Gasteiger charge is -2.07. The number of carbonyl (C=O) groups excluding carboxylic acids is 1. The van der Waals surface area contributed by atoms with Crippen molar-refractivity contribution in [3.8, 4) is 11.5 Å². The third kappa shape index (κ3) is 5.94. The second kappa shape index (κ2) is 9.74. The van der Waals surface area contributed by atoms with Crippen LogP contribution in [0.1, 0.15) is 11.1 Å². The summed E-state index contributed by atoms with van der Waals surface area (Å²) in [6.07, 6.45) is 1.59. The van der Waals surface area contributed by atoms with E-state index in [1.165, 1.54) is 12.3 Å². The molecule has 156 valence electrons. The number of hydrazone groups is 1. The maximum atomic E-state index is 11.9. The van der Waals surface area contributed by atoms with Gasteiger partial charge < -0.3 is 4.74 Å². The Balaban J connectivity index is 1.68. The highest BCUT2D eigenvalue weighted by Crippen LogP contribution is 2.34. The molecule has 3 rings (SSSR count). The predicted octanol–water partition coefficient (Wildman–Crippen LogP) is 3.99. The molecule has 1 N–H and O–H groups in total. The number of ether oxygens (including phenoxy) is 1. The van der Waals surface area contributed by atoms with E-state index < -0.39 is 21.2 Å². The summed E-state index contributed by atoms with van der Waals surface area (Å²) in [5.41, 5.74) is 2.92. The zero-order valence-corrected chi connectivity index (χ0v) is 16.0. The second-order valence-electron chi connectivity index (χ2n) is 6.30. The number of rotatable bonds is 8. The maximum absolute atomic E-state index is 11.9. The molecular formula is C21H16N4O6. The van der Waals surface area contributed by atoms with Gasteiger partial charge in [-0.15, -0.1) is 0 Å². The molecule has 0 unspecified atom stereocenters. The zero-order valence-electron chi connectivity index (χ0n) is 16.0. The predicted molar refractivity (Wildman–Crippen MR) is 112 cm³/mol. The molecule has 0 saturated heterocycles. The van der Waals surface area contributed by atoms with Crippen LogP contribution >= 0.6 is 0 Å². The average molecular weight is 420 g/mol. The fourth-order valence-electron chi connectivity index (χ4n) is 2.63. The Morgan fingerprint density at radius 3 is 2.45 bits per heavy atom. The van der Waals surface area contributed by atoms with Gasteiger partial charge in [0.2, 0.25) is 11.7 Å². The molecule has 3 aromatic carbocycles. The minimum absolute atomic E-state index is 0.138. The topological polar surface area (TPSA) is 137 Å². The summed E-state index contributed by atoms with van der Waals surface area (Å²) in [4.78, 5) is 32.5. The number of nitro groups is 2. The van der Waals surface area contributed by atoms with Gasteiger partial charge in [0, 0.05) is 6.07 Å². The van der Waals surface area contributed by atoms with Gasteiger partial charge in [-0.25, -0.2) is 5.43 Å². The van der Waals surface area contributed by atoms with Crippen molar-refractivity contribution in [3.05, 3.63) is 104 Å². The molecule has 0 atom stereocenters. The van der Waals surface area contributed by atoms with Crippen LogP contribution in [-0.2, 0) is 11.2 Å². The van der Waals surface area contributed by atoms with Gasteiger partial charge in [-0.05, 0) is 29.3 Å². The SMILES string of the molecule is O=C(Cc1ccccc1)N/N=C\c1cccc(Oc2ccc([N+](=O)[O-])cc2[N+](=O)[O-])c1. The Bertz CT molecular complexity index is 1150. The van der Waals surface area contributed by atoms with Crippen molar-refractivity contribution in [1.29, 1.82) is 0 Å². The fraction of sp³-hybridized carbons (Fsp3) is 0.0476. The number of nitro benzene ring substituents is 2. The van der Waals surface area contributed by atoms with E-state index in [-0.39, 0.29) is 23.8 Å². The van der Waals surface area contributed by atoms with Crippen LogP contribution < -0.4 is 10.2 Å². The first-order valence-electron chi connectivity index (χ1n) is 8.99. The number of carbonyl (C=O) groups is 1. The molecule has 3 aromatic rings. The highest BCUT2D eigenvalue weighted by atomic mass is 16.6. The van der Waals surface area contributed by atoms with Crippen LogP contribution in [0.2, 0.25) is 0 Å². The minimum atomic E-state index is -0.754. The first-order chi connectivity index (χ1) is 14.9. The lowest BCUT2D eigenvalue weighted by atomic mass is 10.1. The lowest BCUT2D eigenvalue weighted by molar-refractivity contribution is -0.394. The standard InChI is InChI=1S/C21H16N4O6/c26-21(12-15-5-2-1-3-6-15)23-22-14-16-7-4-8-18(11-16)31-20-10-9-17(24(27)28)13-19(20)25(29)30/h1-11,13-14H,12H2,(H,23,26)/b22-14-. The van der Waals surface area contributed by atoms with Crippen molar-refractivity contribution in [1.82, 2.24) is 5.43 Å². The van der Waals surface area contributed by atoms with Crippen LogP contribution in [0, 0.1) is 20.2 Å². The van der Waals surface area contributed by atoms with E-state index in [9.17, 15) is 25.0 Å². The molecule has 0 aliphatic heterocycles. The van der Waals surface area contributed by atoms with Gasteiger partial charge in [0.05, 0.1) is 28.5 Å². The van der Waals surface area contributed by atoms with Crippen molar-refractivity contribution in [2.75, 3.05) is 0 Å². The van der Waals surface area contributed by atoms with E-state index in [1.54, 1.807) is 24.3 Å². The van der Waals surface area contributed by atoms with Crippen LogP contribution in [0.5, 0.6) is 11.5 Å². The largest absolute Gasteiger partial charge is 0.450 e. The van der Waals surface area contributed by atoms with Gasteiger partial charge in [0.25, 0.3) is 5.69 Å². The van der Waals surface area contributed by atoms with Gasteiger partial charge in [0.1, 0.15) is 5.75 Å². The van der Waals surface area contributed by atoms with E-state index in [0.29, 0.717) is 5.56 Å². The third-order valence-corrected chi connectivity index (χ3v) is 4.05. The van der Waals surface area contributed by atoms with Gasteiger partial charge in [-0.2, -0.15) is 5.10 Å². The van der Waals surface area contributed by atoms with E-state index in [2.05, 4.69) is 10.5 Å². The summed E-state index contributed by atoms with van der Waals surface area (Å²) in [5.74, 6) is -0.159. The summed E-state index contributed by atoms with van der Waals surface area (Å²) in [7, 11) is 0. The van der Waals surface area contributed by atoms with Crippen LogP contribution in [0.3, 0.4) is 0 Å². The molecular weight excluding hydrogens is 404 g/mol. The zero-order chi connectivity index (χ0) is 22.2. The third-order valence-electron chi connectivity index (χ3n) is 4.05. The second-order valence-corrected chi connectivity index (χ2v) is 6.30. The van der Waals surface area contributed by atoms with E-state index in [1.807, 2.05) is 30.3 Å². The van der Waals surface area contributed by atoms with Crippen LogP contribution in [0.15, 0.2) is 77.9 Å². The van der Waals surface area contributed by atoms with Crippen LogP contribution in [0.25, 0.3) is 0 Å². The molecule has 0 fully saturated rings. The van der Waals surface area contributed by atoms with Crippen molar-refractivity contribution < 1.29 is 19.4 Å². The van der Waals surface area contributed by atoms with Crippen molar-refractivity contribution in [3.63, 3.8) is 0 Å². The van der Waals surface area contributed by atoms with Crippen molar-refractivity contribution in [2.45, 2.75) is 6.42 Å². The lowest BCUT2D eigenvalue weighted by Crippen LogP contribution is -2.19. The van der Waals surface area contributed by atoms with Crippen LogP contribution in [0.4, 0.5) is 11.4 Å². The number of amides is 1. The molecule has 31 heavy (non-hydrogen) atoms. The molecule has 1 amide bonds. The number of hydrogen-bond donors (Lipinski definition) is 1. The van der Waals surface area contributed by atoms with E-state index in [0.717, 1.165) is 17.7 Å².